The van der Waals surface area contributed by atoms with Crippen LogP contribution in [-0.4, -0.2) is 11.1 Å². The van der Waals surface area contributed by atoms with Crippen LogP contribution >= 0.6 is 0 Å². The van der Waals surface area contributed by atoms with Crippen LogP contribution < -0.4 is 5.32 Å². The molecular weight excluding hydrogens is 242 g/mol. The van der Waals surface area contributed by atoms with E-state index in [4.69, 9.17) is 8.83 Å². The third-order valence-electron chi connectivity index (χ3n) is 3.28. The molecule has 2 aromatic rings. The van der Waals surface area contributed by atoms with Gasteiger partial charge < -0.3 is 19.3 Å². The summed E-state index contributed by atoms with van der Waals surface area (Å²) in [5, 5.41) is 13.4. The number of nitrogens with one attached hydrogen (secondary N) is 1. The maximum atomic E-state index is 10.0. The first-order valence-corrected chi connectivity index (χ1v) is 6.59. The Kier molecular flexibility index (Phi) is 4.45. The lowest BCUT2D eigenvalue weighted by molar-refractivity contribution is 0.126. The van der Waals surface area contributed by atoms with Crippen molar-refractivity contribution in [2.24, 2.45) is 0 Å². The number of aryl methyl sites for hydroxylation is 1. The molecule has 4 heteroatoms. The zero-order chi connectivity index (χ0) is 13.8. The fourth-order valence-corrected chi connectivity index (χ4v) is 2.33. The molecule has 2 aromatic heterocycles. The predicted octanol–water partition coefficient (Wildman–Crippen LogP) is 3.34. The van der Waals surface area contributed by atoms with E-state index in [1.165, 1.54) is 0 Å². The van der Waals surface area contributed by atoms with Crippen LogP contribution in [-0.2, 0) is 0 Å². The molecule has 0 radical (unpaired) electrons. The van der Waals surface area contributed by atoms with E-state index >= 15 is 0 Å². The van der Waals surface area contributed by atoms with Crippen molar-refractivity contribution in [1.82, 2.24) is 5.32 Å². The molecule has 19 heavy (non-hydrogen) atoms. The van der Waals surface area contributed by atoms with Gasteiger partial charge in [0, 0.05) is 6.04 Å². The van der Waals surface area contributed by atoms with Gasteiger partial charge >= 0.3 is 0 Å². The molecule has 0 saturated carbocycles. The third-order valence-corrected chi connectivity index (χ3v) is 3.28. The molecule has 0 aliphatic rings. The molecule has 2 rings (SSSR count). The number of aliphatic hydroxyl groups excluding tert-OH is 1. The fraction of sp³-hybridized carbons (Fsp3) is 0.467. The second-order valence-corrected chi connectivity index (χ2v) is 5.02. The van der Waals surface area contributed by atoms with E-state index in [9.17, 15) is 5.11 Å². The van der Waals surface area contributed by atoms with Crippen molar-refractivity contribution in [2.75, 3.05) is 0 Å². The average molecular weight is 263 g/mol. The summed E-state index contributed by atoms with van der Waals surface area (Å²) >= 11 is 0. The molecule has 3 unspecified atom stereocenters. The Hall–Kier alpha value is -1.52. The number of furan rings is 2. The fourth-order valence-electron chi connectivity index (χ4n) is 2.33. The Morgan fingerprint density at radius 3 is 2.58 bits per heavy atom. The normalized spacial score (nSPS) is 16.2. The van der Waals surface area contributed by atoms with Crippen molar-refractivity contribution >= 4 is 0 Å². The van der Waals surface area contributed by atoms with Gasteiger partial charge in [-0.15, -0.1) is 0 Å². The molecule has 104 valence electrons. The number of hydrogen-bond donors (Lipinski definition) is 2. The van der Waals surface area contributed by atoms with Gasteiger partial charge in [0.25, 0.3) is 0 Å². The van der Waals surface area contributed by atoms with Gasteiger partial charge in [0.15, 0.2) is 0 Å². The molecule has 2 heterocycles. The van der Waals surface area contributed by atoms with Gasteiger partial charge in [-0.05, 0) is 51.0 Å². The van der Waals surface area contributed by atoms with E-state index in [2.05, 4.69) is 12.2 Å². The van der Waals surface area contributed by atoms with Gasteiger partial charge in [-0.25, -0.2) is 0 Å². The smallest absolute Gasteiger partial charge is 0.132 e. The van der Waals surface area contributed by atoms with Crippen LogP contribution in [0.4, 0.5) is 0 Å². The van der Waals surface area contributed by atoms with Gasteiger partial charge in [-0.2, -0.15) is 0 Å². The molecule has 0 saturated heterocycles. The van der Waals surface area contributed by atoms with Crippen molar-refractivity contribution in [1.29, 1.82) is 0 Å². The minimum atomic E-state index is -0.581. The molecule has 0 aliphatic heterocycles. The summed E-state index contributed by atoms with van der Waals surface area (Å²) in [5.41, 5.74) is 1.14. The summed E-state index contributed by atoms with van der Waals surface area (Å²) in [7, 11) is 0. The molecule has 2 N–H and O–H groups in total. The van der Waals surface area contributed by atoms with Gasteiger partial charge in [-0.3, -0.25) is 0 Å². The predicted molar refractivity (Wildman–Crippen MR) is 72.7 cm³/mol. The average Bonchev–Trinajstić information content (AvgIpc) is 2.98. The van der Waals surface area contributed by atoms with Crippen LogP contribution in [0.15, 0.2) is 39.6 Å². The van der Waals surface area contributed by atoms with Crippen LogP contribution in [0, 0.1) is 6.92 Å². The van der Waals surface area contributed by atoms with Crippen LogP contribution in [0.3, 0.4) is 0 Å². The molecular formula is C15H21NO3. The van der Waals surface area contributed by atoms with Crippen LogP contribution in [0.1, 0.15) is 49.5 Å². The van der Waals surface area contributed by atoms with E-state index in [1.807, 2.05) is 19.9 Å². The second kappa shape index (κ2) is 6.08. The van der Waals surface area contributed by atoms with E-state index in [0.717, 1.165) is 11.3 Å². The van der Waals surface area contributed by atoms with Gasteiger partial charge in [-0.1, -0.05) is 0 Å². The number of hydrogen-bond acceptors (Lipinski definition) is 4. The molecule has 0 aromatic carbocycles. The Balaban J connectivity index is 1.87. The Morgan fingerprint density at radius 2 is 2.00 bits per heavy atom. The summed E-state index contributed by atoms with van der Waals surface area (Å²) in [5.74, 6) is 1.55. The van der Waals surface area contributed by atoms with Crippen molar-refractivity contribution in [3.8, 4) is 0 Å². The molecule has 0 spiro atoms. The molecule has 0 fully saturated rings. The summed E-state index contributed by atoms with van der Waals surface area (Å²) in [6, 6.07) is 5.80. The Labute approximate surface area is 113 Å². The van der Waals surface area contributed by atoms with Gasteiger partial charge in [0.05, 0.1) is 18.6 Å². The van der Waals surface area contributed by atoms with E-state index < -0.39 is 6.10 Å². The molecule has 0 aliphatic carbocycles. The van der Waals surface area contributed by atoms with E-state index in [1.54, 1.807) is 24.7 Å². The van der Waals surface area contributed by atoms with Crippen molar-refractivity contribution in [3.63, 3.8) is 0 Å². The van der Waals surface area contributed by atoms with Crippen molar-refractivity contribution in [3.05, 3.63) is 47.8 Å². The maximum absolute atomic E-state index is 10.0. The first kappa shape index (κ1) is 13.9. The highest BCUT2D eigenvalue weighted by molar-refractivity contribution is 5.17. The van der Waals surface area contributed by atoms with Gasteiger partial charge in [0.2, 0.25) is 0 Å². The third kappa shape index (κ3) is 3.49. The standard InChI is InChI=1S/C15H21NO3/c1-10-6-8-19-15(10)12(3)16-11(2)9-13(17)14-5-4-7-18-14/h4-8,11-13,16-17H,9H2,1-3H3. The maximum Gasteiger partial charge on any atom is 0.132 e. The minimum Gasteiger partial charge on any atom is -0.467 e. The van der Waals surface area contributed by atoms with Crippen LogP contribution in [0.2, 0.25) is 0 Å². The summed E-state index contributed by atoms with van der Waals surface area (Å²) in [6.07, 6.45) is 3.29. The minimum absolute atomic E-state index is 0.119. The number of aliphatic hydroxyl groups is 1. The van der Waals surface area contributed by atoms with Crippen LogP contribution in [0.5, 0.6) is 0 Å². The zero-order valence-corrected chi connectivity index (χ0v) is 11.6. The van der Waals surface area contributed by atoms with Crippen LogP contribution in [0.25, 0.3) is 0 Å². The summed E-state index contributed by atoms with van der Waals surface area (Å²) < 4.78 is 10.7. The summed E-state index contributed by atoms with van der Waals surface area (Å²) in [6.45, 7) is 6.13. The summed E-state index contributed by atoms with van der Waals surface area (Å²) in [4.78, 5) is 0. The quantitative estimate of drug-likeness (QED) is 0.839. The highest BCUT2D eigenvalue weighted by atomic mass is 16.4. The molecule has 0 bridgehead atoms. The lowest BCUT2D eigenvalue weighted by Gasteiger charge is -2.21. The van der Waals surface area contributed by atoms with Crippen molar-refractivity contribution in [2.45, 2.75) is 45.4 Å². The topological polar surface area (TPSA) is 58.5 Å². The lowest BCUT2D eigenvalue weighted by Crippen LogP contribution is -2.30. The Bertz CT molecular complexity index is 489. The Morgan fingerprint density at radius 1 is 1.21 bits per heavy atom. The van der Waals surface area contributed by atoms with Crippen molar-refractivity contribution < 1.29 is 13.9 Å². The SMILES string of the molecule is Cc1ccoc1C(C)NC(C)CC(O)c1ccco1. The highest BCUT2D eigenvalue weighted by Gasteiger charge is 2.18. The molecule has 3 atom stereocenters. The lowest BCUT2D eigenvalue weighted by atomic mass is 10.1. The highest BCUT2D eigenvalue weighted by Crippen LogP contribution is 2.22. The first-order chi connectivity index (χ1) is 9.08. The molecule has 4 nitrogen and oxygen atoms in total. The largest absolute Gasteiger partial charge is 0.467 e. The monoisotopic (exact) mass is 263 g/mol. The number of rotatable bonds is 6. The molecule has 0 amide bonds. The van der Waals surface area contributed by atoms with E-state index in [0.29, 0.717) is 12.2 Å². The first-order valence-electron chi connectivity index (χ1n) is 6.59. The zero-order valence-electron chi connectivity index (χ0n) is 11.6. The van der Waals surface area contributed by atoms with Gasteiger partial charge in [0.1, 0.15) is 17.6 Å². The second-order valence-electron chi connectivity index (χ2n) is 5.02. The van der Waals surface area contributed by atoms with E-state index in [-0.39, 0.29) is 12.1 Å².